The van der Waals surface area contributed by atoms with Crippen molar-refractivity contribution >= 4 is 40.1 Å². The summed E-state index contributed by atoms with van der Waals surface area (Å²) < 4.78 is 4.02. The normalized spacial score (nSPS) is 22.0. The second-order valence-electron chi connectivity index (χ2n) is 11.0. The van der Waals surface area contributed by atoms with E-state index in [4.69, 9.17) is 27.9 Å². The monoisotopic (exact) mass is 564 g/mol. The zero-order valence-electron chi connectivity index (χ0n) is 22.6. The fourth-order valence-electron chi connectivity index (χ4n) is 6.60. The average Bonchev–Trinajstić information content (AvgIpc) is 3.01. The maximum absolute atomic E-state index is 7.23. The van der Waals surface area contributed by atoms with Gasteiger partial charge in [0.05, 0.1) is 6.26 Å². The van der Waals surface area contributed by atoms with E-state index < -0.39 is 4.33 Å². The summed E-state index contributed by atoms with van der Waals surface area (Å²) in [4.78, 5) is 0. The third-order valence-corrected chi connectivity index (χ3v) is 9.18. The number of rotatable bonds is 4. The SMILES string of the molecule is C1=CCOC=C1.ClC1(Cl)CC(CCc2ccccc2)CC2C=Cc3c(cc(-c4ccccc4)c4ccccc34)C21. The van der Waals surface area contributed by atoms with Crippen LogP contribution in [0.25, 0.3) is 28.0 Å². The molecule has 4 aromatic carbocycles. The van der Waals surface area contributed by atoms with Crippen molar-refractivity contribution in [2.24, 2.45) is 11.8 Å². The lowest BCUT2D eigenvalue weighted by Crippen LogP contribution is -2.39. The van der Waals surface area contributed by atoms with E-state index in [0.717, 1.165) is 32.3 Å². The zero-order valence-corrected chi connectivity index (χ0v) is 24.1. The molecule has 40 heavy (non-hydrogen) atoms. The molecule has 0 bridgehead atoms. The van der Waals surface area contributed by atoms with Crippen molar-refractivity contribution in [3.63, 3.8) is 0 Å². The first-order valence-electron chi connectivity index (χ1n) is 14.2. The Balaban J connectivity index is 0.000000429. The number of benzene rings is 4. The minimum Gasteiger partial charge on any atom is -0.497 e. The molecule has 1 heterocycles. The smallest absolute Gasteiger partial charge is 0.126 e. The van der Waals surface area contributed by atoms with Crippen LogP contribution in [0.3, 0.4) is 0 Å². The first kappa shape index (κ1) is 26.9. The molecule has 7 rings (SSSR count). The van der Waals surface area contributed by atoms with Crippen LogP contribution in [0.5, 0.6) is 0 Å². The van der Waals surface area contributed by atoms with Crippen LogP contribution in [0.15, 0.2) is 122 Å². The number of aryl methyl sites for hydroxylation is 1. The predicted molar refractivity (Wildman–Crippen MR) is 171 cm³/mol. The van der Waals surface area contributed by atoms with Gasteiger partial charge in [-0.2, -0.15) is 0 Å². The molecule has 0 saturated heterocycles. The van der Waals surface area contributed by atoms with Gasteiger partial charge in [0.2, 0.25) is 0 Å². The lowest BCUT2D eigenvalue weighted by atomic mass is 9.65. The van der Waals surface area contributed by atoms with E-state index in [0.29, 0.717) is 11.8 Å². The Hall–Kier alpha value is -3.26. The molecule has 3 atom stereocenters. The summed E-state index contributed by atoms with van der Waals surface area (Å²) in [6.45, 7) is 0.733. The Morgan fingerprint density at radius 2 is 1.55 bits per heavy atom. The van der Waals surface area contributed by atoms with Crippen molar-refractivity contribution < 1.29 is 4.74 Å². The molecule has 0 amide bonds. The Bertz CT molecular complexity index is 1520. The van der Waals surface area contributed by atoms with E-state index in [9.17, 15) is 0 Å². The minimum atomic E-state index is -0.778. The van der Waals surface area contributed by atoms with Crippen molar-refractivity contribution in [1.29, 1.82) is 0 Å². The molecule has 1 saturated carbocycles. The highest BCUT2D eigenvalue weighted by Crippen LogP contribution is 2.57. The summed E-state index contributed by atoms with van der Waals surface area (Å²) in [6, 6.07) is 32.5. The Morgan fingerprint density at radius 3 is 2.23 bits per heavy atom. The molecule has 0 spiro atoms. The van der Waals surface area contributed by atoms with Gasteiger partial charge in [0.15, 0.2) is 0 Å². The minimum absolute atomic E-state index is 0.107. The van der Waals surface area contributed by atoms with E-state index in [1.54, 1.807) is 6.26 Å². The van der Waals surface area contributed by atoms with Crippen LogP contribution in [0.2, 0.25) is 0 Å². The average molecular weight is 566 g/mol. The summed E-state index contributed by atoms with van der Waals surface area (Å²) in [5.41, 5.74) is 6.47. The molecule has 3 heteroatoms. The quantitative estimate of drug-likeness (QED) is 0.224. The molecule has 1 fully saturated rings. The molecule has 4 aromatic rings. The van der Waals surface area contributed by atoms with E-state index in [2.05, 4.69) is 103 Å². The molecular formula is C37H34Cl2O. The van der Waals surface area contributed by atoms with Gasteiger partial charge in [0, 0.05) is 5.92 Å². The number of hydrogen-bond donors (Lipinski definition) is 0. The molecule has 0 N–H and O–H groups in total. The molecule has 3 unspecified atom stereocenters. The summed E-state index contributed by atoms with van der Waals surface area (Å²) in [5, 5.41) is 2.56. The van der Waals surface area contributed by atoms with Crippen LogP contribution in [0.1, 0.15) is 41.9 Å². The molecule has 2 aliphatic carbocycles. The van der Waals surface area contributed by atoms with Gasteiger partial charge in [-0.15, -0.1) is 23.2 Å². The number of alkyl halides is 2. The number of allylic oxidation sites excluding steroid dienone is 3. The fraction of sp³-hybridized carbons (Fsp3) is 0.243. The van der Waals surface area contributed by atoms with Crippen LogP contribution in [0.4, 0.5) is 0 Å². The summed E-state index contributed by atoms with van der Waals surface area (Å²) in [5.74, 6) is 0.995. The van der Waals surface area contributed by atoms with Gasteiger partial charge in [-0.3, -0.25) is 0 Å². The van der Waals surface area contributed by atoms with Crippen LogP contribution in [-0.2, 0) is 11.2 Å². The van der Waals surface area contributed by atoms with Gasteiger partial charge < -0.3 is 4.74 Å². The van der Waals surface area contributed by atoms with Crippen LogP contribution in [0, 0.1) is 11.8 Å². The summed E-state index contributed by atoms with van der Waals surface area (Å²) in [7, 11) is 0. The third kappa shape index (κ3) is 5.78. The van der Waals surface area contributed by atoms with Gasteiger partial charge in [-0.1, -0.05) is 103 Å². The lowest BCUT2D eigenvalue weighted by molar-refractivity contribution is 0.243. The van der Waals surface area contributed by atoms with E-state index >= 15 is 0 Å². The van der Waals surface area contributed by atoms with E-state index in [-0.39, 0.29) is 5.92 Å². The van der Waals surface area contributed by atoms with Gasteiger partial charge >= 0.3 is 0 Å². The highest BCUT2D eigenvalue weighted by molar-refractivity contribution is 6.49. The molecule has 1 aliphatic heterocycles. The van der Waals surface area contributed by atoms with Crippen molar-refractivity contribution in [2.75, 3.05) is 6.61 Å². The van der Waals surface area contributed by atoms with Crippen molar-refractivity contribution in [3.05, 3.63) is 138 Å². The number of fused-ring (bicyclic) bond motifs is 5. The maximum atomic E-state index is 7.23. The fourth-order valence-corrected chi connectivity index (χ4v) is 7.59. The van der Waals surface area contributed by atoms with Crippen molar-refractivity contribution in [3.8, 4) is 11.1 Å². The third-order valence-electron chi connectivity index (χ3n) is 8.40. The predicted octanol–water partition coefficient (Wildman–Crippen LogP) is 10.5. The molecule has 202 valence electrons. The maximum Gasteiger partial charge on any atom is 0.126 e. The van der Waals surface area contributed by atoms with Gasteiger partial charge in [0.25, 0.3) is 0 Å². The first-order valence-corrected chi connectivity index (χ1v) is 15.0. The van der Waals surface area contributed by atoms with E-state index in [1.807, 2.05) is 18.2 Å². The van der Waals surface area contributed by atoms with Crippen LogP contribution >= 0.6 is 23.2 Å². The molecule has 1 nitrogen and oxygen atoms in total. The Morgan fingerprint density at radius 1 is 0.825 bits per heavy atom. The highest BCUT2D eigenvalue weighted by Gasteiger charge is 2.48. The first-order chi connectivity index (χ1) is 19.6. The molecule has 3 aliphatic rings. The number of halogens is 2. The van der Waals surface area contributed by atoms with E-state index in [1.165, 1.54) is 38.6 Å². The summed E-state index contributed by atoms with van der Waals surface area (Å²) in [6.07, 6.45) is 16.4. The van der Waals surface area contributed by atoms with Gasteiger partial charge in [-0.25, -0.2) is 0 Å². The Labute approximate surface area is 247 Å². The standard InChI is InChI=1S/C32H28Cl2.C5H6O/c33-32(34)21-23(16-15-22-9-3-1-4-10-22)19-25-17-18-28-26-13-7-8-14-27(26)29(20-30(28)31(25)32)24-11-5-2-6-12-24;1-2-4-6-5-3-1/h1-14,17-18,20,23,25,31H,15-16,19,21H2;1-4H,5H2. The van der Waals surface area contributed by atoms with Crippen LogP contribution < -0.4 is 0 Å². The second kappa shape index (κ2) is 12.1. The number of ether oxygens (including phenoxy) is 1. The summed E-state index contributed by atoms with van der Waals surface area (Å²) >= 11 is 14.5. The highest BCUT2D eigenvalue weighted by atomic mass is 35.5. The van der Waals surface area contributed by atoms with Gasteiger partial charge in [0.1, 0.15) is 10.9 Å². The Kier molecular flexibility index (Phi) is 8.14. The lowest BCUT2D eigenvalue weighted by Gasteiger charge is -2.46. The second-order valence-corrected chi connectivity index (χ2v) is 12.6. The molecule has 0 aromatic heterocycles. The molecular weight excluding hydrogens is 531 g/mol. The van der Waals surface area contributed by atoms with Gasteiger partial charge in [-0.05, 0) is 94.3 Å². The van der Waals surface area contributed by atoms with Crippen molar-refractivity contribution in [1.82, 2.24) is 0 Å². The number of hydrogen-bond acceptors (Lipinski definition) is 1. The largest absolute Gasteiger partial charge is 0.497 e. The van der Waals surface area contributed by atoms with Crippen molar-refractivity contribution in [2.45, 2.75) is 35.9 Å². The molecule has 0 radical (unpaired) electrons. The van der Waals surface area contributed by atoms with Crippen LogP contribution in [-0.4, -0.2) is 10.9 Å². The zero-order chi connectivity index (χ0) is 27.4. The topological polar surface area (TPSA) is 9.23 Å².